The van der Waals surface area contributed by atoms with Crippen molar-refractivity contribution in [3.63, 3.8) is 0 Å². The van der Waals surface area contributed by atoms with Gasteiger partial charge in [0.1, 0.15) is 5.82 Å². The first kappa shape index (κ1) is 18.0. The van der Waals surface area contributed by atoms with E-state index in [1.54, 1.807) is 37.4 Å². The second-order valence-corrected chi connectivity index (χ2v) is 6.52. The van der Waals surface area contributed by atoms with E-state index in [0.29, 0.717) is 24.1 Å². The number of hydrogen-bond acceptors (Lipinski definition) is 4. The highest BCUT2D eigenvalue weighted by atomic mass is 19.1. The van der Waals surface area contributed by atoms with Crippen molar-refractivity contribution < 1.29 is 18.7 Å². The summed E-state index contributed by atoms with van der Waals surface area (Å²) in [4.78, 5) is 30.0. The predicted octanol–water partition coefficient (Wildman–Crippen LogP) is 1.53. The summed E-state index contributed by atoms with van der Waals surface area (Å²) in [6.45, 7) is 2.24. The van der Waals surface area contributed by atoms with Crippen molar-refractivity contribution in [1.29, 1.82) is 0 Å². The second-order valence-electron chi connectivity index (χ2n) is 6.52. The topological polar surface area (TPSA) is 85.5 Å². The van der Waals surface area contributed by atoms with Gasteiger partial charge in [-0.15, -0.1) is 0 Å². The predicted molar refractivity (Wildman–Crippen MR) is 92.9 cm³/mol. The molecule has 0 spiro atoms. The van der Waals surface area contributed by atoms with E-state index in [9.17, 15) is 14.0 Å². The fourth-order valence-electron chi connectivity index (χ4n) is 2.94. The lowest BCUT2D eigenvalue weighted by atomic mass is 10.0. The van der Waals surface area contributed by atoms with Gasteiger partial charge in [0.2, 0.25) is 0 Å². The summed E-state index contributed by atoms with van der Waals surface area (Å²) in [5, 5.41) is 0. The molecule has 136 valence electrons. The van der Waals surface area contributed by atoms with E-state index < -0.39 is 11.5 Å². The summed E-state index contributed by atoms with van der Waals surface area (Å²) < 4.78 is 19.3. The van der Waals surface area contributed by atoms with Crippen molar-refractivity contribution in [2.75, 3.05) is 19.7 Å². The number of nitrogens with zero attached hydrogens (tertiary/aromatic N) is 2. The molecule has 26 heavy (non-hydrogen) atoms. The van der Waals surface area contributed by atoms with Gasteiger partial charge in [-0.2, -0.15) is 0 Å². The molecule has 1 aliphatic heterocycles. The van der Waals surface area contributed by atoms with E-state index in [1.165, 1.54) is 17.2 Å². The first-order valence-electron chi connectivity index (χ1n) is 8.29. The molecule has 1 fully saturated rings. The number of pyridine rings is 1. The van der Waals surface area contributed by atoms with Crippen LogP contribution in [0.25, 0.3) is 0 Å². The van der Waals surface area contributed by atoms with Crippen LogP contribution in [0.2, 0.25) is 0 Å². The second kappa shape index (κ2) is 7.21. The zero-order valence-electron chi connectivity index (χ0n) is 14.4. The molecule has 0 bridgehead atoms. The van der Waals surface area contributed by atoms with Crippen molar-refractivity contribution in [1.82, 2.24) is 9.88 Å². The van der Waals surface area contributed by atoms with E-state index >= 15 is 0 Å². The lowest BCUT2D eigenvalue weighted by molar-refractivity contribution is -0.150. The van der Waals surface area contributed by atoms with E-state index in [1.807, 2.05) is 0 Å². The number of halogens is 1. The average Bonchev–Trinajstić information content (AvgIpc) is 2.63. The van der Waals surface area contributed by atoms with Gasteiger partial charge in [0.25, 0.3) is 11.8 Å². The molecule has 6 nitrogen and oxygen atoms in total. The van der Waals surface area contributed by atoms with Gasteiger partial charge in [-0.3, -0.25) is 14.6 Å². The molecule has 3 rings (SSSR count). The van der Waals surface area contributed by atoms with E-state index in [-0.39, 0.29) is 24.9 Å². The van der Waals surface area contributed by atoms with Crippen LogP contribution in [-0.2, 0) is 16.0 Å². The molecule has 1 aromatic heterocycles. The van der Waals surface area contributed by atoms with Gasteiger partial charge in [-0.25, -0.2) is 4.39 Å². The molecule has 1 saturated heterocycles. The third-order valence-electron chi connectivity index (χ3n) is 4.48. The van der Waals surface area contributed by atoms with Gasteiger partial charge in [0.15, 0.2) is 5.60 Å². The van der Waals surface area contributed by atoms with E-state index in [0.717, 1.165) is 5.56 Å². The lowest BCUT2D eigenvalue weighted by Gasteiger charge is -2.38. The molecule has 2 N–H and O–H groups in total. The minimum Gasteiger partial charge on any atom is -0.367 e. The zero-order valence-corrected chi connectivity index (χ0v) is 14.4. The molecule has 1 aliphatic rings. The molecule has 0 radical (unpaired) electrons. The van der Waals surface area contributed by atoms with Crippen LogP contribution in [-0.4, -0.2) is 47.0 Å². The van der Waals surface area contributed by atoms with Crippen molar-refractivity contribution in [2.45, 2.75) is 18.9 Å². The summed E-state index contributed by atoms with van der Waals surface area (Å²) in [5.41, 5.74) is 5.82. The number of carbonyl (C=O) groups is 2. The standard InChI is InChI=1S/C19H20FN3O3/c1-19(18(21)25)12-23(6-7-26-19)17(24)15-9-13(10-22-11-15)8-14-4-2-3-5-16(14)20/h2-5,9-11H,6-8,12H2,1H3,(H2,21,25). The van der Waals surface area contributed by atoms with Gasteiger partial charge in [-0.1, -0.05) is 18.2 Å². The Hall–Kier alpha value is -2.80. The zero-order chi connectivity index (χ0) is 18.7. The maximum Gasteiger partial charge on any atom is 0.255 e. The summed E-state index contributed by atoms with van der Waals surface area (Å²) in [6.07, 6.45) is 3.41. The molecule has 7 heteroatoms. The SMILES string of the molecule is CC1(C(N)=O)CN(C(=O)c2cncc(Cc3ccccc3F)c2)CCO1. The number of nitrogens with two attached hydrogens (primary N) is 1. The fourth-order valence-corrected chi connectivity index (χ4v) is 2.94. The Bertz CT molecular complexity index is 842. The molecule has 0 saturated carbocycles. The summed E-state index contributed by atoms with van der Waals surface area (Å²) >= 11 is 0. The van der Waals surface area contributed by atoms with Gasteiger partial charge in [0, 0.05) is 25.4 Å². The Kier molecular flexibility index (Phi) is 4.99. The number of benzene rings is 1. The average molecular weight is 357 g/mol. The highest BCUT2D eigenvalue weighted by Crippen LogP contribution is 2.20. The highest BCUT2D eigenvalue weighted by molar-refractivity contribution is 5.95. The molecule has 2 amide bonds. The largest absolute Gasteiger partial charge is 0.367 e. The molecule has 1 atom stereocenters. The van der Waals surface area contributed by atoms with Crippen molar-refractivity contribution >= 4 is 11.8 Å². The third kappa shape index (κ3) is 3.72. The molecule has 2 heterocycles. The van der Waals surface area contributed by atoms with Crippen LogP contribution in [0.5, 0.6) is 0 Å². The van der Waals surface area contributed by atoms with Crippen LogP contribution in [0.4, 0.5) is 4.39 Å². The Balaban J connectivity index is 1.78. The molecule has 2 aromatic rings. The van der Waals surface area contributed by atoms with Crippen molar-refractivity contribution in [2.24, 2.45) is 5.73 Å². The van der Waals surface area contributed by atoms with Crippen LogP contribution in [0, 0.1) is 5.82 Å². The molecular formula is C19H20FN3O3. The third-order valence-corrected chi connectivity index (χ3v) is 4.48. The molecule has 0 aliphatic carbocycles. The molecule has 1 unspecified atom stereocenters. The number of morpholine rings is 1. The first-order chi connectivity index (χ1) is 12.4. The van der Waals surface area contributed by atoms with E-state index in [4.69, 9.17) is 10.5 Å². The van der Waals surface area contributed by atoms with Crippen LogP contribution in [0.15, 0.2) is 42.7 Å². The number of rotatable bonds is 4. The number of amides is 2. The smallest absolute Gasteiger partial charge is 0.255 e. The minimum absolute atomic E-state index is 0.0821. The number of aromatic nitrogens is 1. The van der Waals surface area contributed by atoms with Gasteiger partial charge in [-0.05, 0) is 30.2 Å². The normalized spacial score (nSPS) is 20.0. The lowest BCUT2D eigenvalue weighted by Crippen LogP contribution is -2.58. The Morgan fingerprint density at radius 3 is 2.85 bits per heavy atom. The first-order valence-corrected chi connectivity index (χ1v) is 8.29. The van der Waals surface area contributed by atoms with Gasteiger partial charge in [0.05, 0.1) is 18.7 Å². The van der Waals surface area contributed by atoms with Gasteiger partial charge >= 0.3 is 0 Å². The maximum absolute atomic E-state index is 13.8. The van der Waals surface area contributed by atoms with Crippen LogP contribution in [0.3, 0.4) is 0 Å². The van der Waals surface area contributed by atoms with Crippen LogP contribution in [0.1, 0.15) is 28.4 Å². The van der Waals surface area contributed by atoms with Crippen molar-refractivity contribution in [3.8, 4) is 0 Å². The minimum atomic E-state index is -1.20. The van der Waals surface area contributed by atoms with E-state index in [2.05, 4.69) is 4.98 Å². The number of hydrogen-bond donors (Lipinski definition) is 1. The number of ether oxygens (including phenoxy) is 1. The maximum atomic E-state index is 13.8. The van der Waals surface area contributed by atoms with Crippen LogP contribution >= 0.6 is 0 Å². The van der Waals surface area contributed by atoms with Crippen LogP contribution < -0.4 is 5.73 Å². The Morgan fingerprint density at radius 2 is 2.12 bits per heavy atom. The number of carbonyl (C=O) groups excluding carboxylic acids is 2. The fraction of sp³-hybridized carbons (Fsp3) is 0.316. The monoisotopic (exact) mass is 357 g/mol. The molecular weight excluding hydrogens is 337 g/mol. The van der Waals surface area contributed by atoms with Gasteiger partial charge < -0.3 is 15.4 Å². The summed E-state index contributed by atoms with van der Waals surface area (Å²) in [6, 6.07) is 8.18. The highest BCUT2D eigenvalue weighted by Gasteiger charge is 2.39. The summed E-state index contributed by atoms with van der Waals surface area (Å²) in [7, 11) is 0. The Morgan fingerprint density at radius 1 is 1.35 bits per heavy atom. The Labute approximate surface area is 150 Å². The summed E-state index contributed by atoms with van der Waals surface area (Å²) in [5.74, 6) is -1.17. The molecule has 1 aromatic carbocycles. The quantitative estimate of drug-likeness (QED) is 0.899. The number of primary amides is 1. The van der Waals surface area contributed by atoms with Crippen molar-refractivity contribution in [3.05, 3.63) is 65.2 Å².